The lowest BCUT2D eigenvalue weighted by Gasteiger charge is -2.45. The molecule has 0 saturated heterocycles. The molecule has 1 aliphatic rings. The summed E-state index contributed by atoms with van der Waals surface area (Å²) >= 11 is 0. The number of unbranched alkanes of at least 4 members (excludes halogenated alkanes) is 2. The SMILES string of the molecule is CCCCO[C@@H]1[C@H](O[P+](=O)O)[C@@H](O[P+](=O)O)[C@H](OCCCC)[C@@H](OP(=O)(O)O)[C@@H]1OP(=O)(O)O. The Morgan fingerprint density at radius 1 is 0.647 bits per heavy atom. The highest BCUT2D eigenvalue weighted by Gasteiger charge is 2.62. The Labute approximate surface area is 197 Å². The fourth-order valence-electron chi connectivity index (χ4n) is 3.23. The fraction of sp³-hybridized carbons (Fsp3) is 1.00. The molecular formula is C14H30O16P4+2. The molecule has 6 N–H and O–H groups in total. The summed E-state index contributed by atoms with van der Waals surface area (Å²) in [5.41, 5.74) is 0. The normalized spacial score (nSPS) is 29.2. The lowest BCUT2D eigenvalue weighted by molar-refractivity contribution is -0.228. The highest BCUT2D eigenvalue weighted by molar-refractivity contribution is 7.46. The van der Waals surface area contributed by atoms with Crippen LogP contribution < -0.4 is 0 Å². The first kappa shape index (κ1) is 32.2. The van der Waals surface area contributed by atoms with Crippen molar-refractivity contribution in [2.75, 3.05) is 13.2 Å². The standard InChI is InChI=1S/C14H28O16P4/c1-3-5-7-25-9-11(27-31(15)16)12(28-32(17)18)10(26-8-6-4-2)14(30-34(22,23)24)13(9)29-33(19,20)21/h9-14H,3-8H2,1-2H3,(H4-2,15,16,17,18,19,20,21,22,23,24)/p+2/t9-,10+,11-,12-,13+,14+/m0/s1. The van der Waals surface area contributed by atoms with Crippen molar-refractivity contribution in [3.63, 3.8) is 0 Å². The zero-order chi connectivity index (χ0) is 26.1. The highest BCUT2D eigenvalue weighted by Crippen LogP contribution is 2.50. The molecule has 0 spiro atoms. The highest BCUT2D eigenvalue weighted by atomic mass is 31.2. The Kier molecular flexibility index (Phi) is 14.0. The topological polar surface area (TPSA) is 245 Å². The molecule has 16 nitrogen and oxygen atoms in total. The van der Waals surface area contributed by atoms with Gasteiger partial charge in [-0.3, -0.25) is 9.05 Å². The second-order valence-corrected chi connectivity index (χ2v) is 10.9. The molecule has 200 valence electrons. The van der Waals surface area contributed by atoms with Gasteiger partial charge in [-0.1, -0.05) is 26.7 Å². The molecule has 1 rings (SSSR count). The zero-order valence-electron chi connectivity index (χ0n) is 18.3. The second-order valence-electron chi connectivity index (χ2n) is 7.11. The Hall–Kier alpha value is 0.180. The van der Waals surface area contributed by atoms with Crippen LogP contribution in [0.5, 0.6) is 0 Å². The van der Waals surface area contributed by atoms with Gasteiger partial charge < -0.3 is 29.0 Å². The maximum absolute atomic E-state index is 11.7. The summed E-state index contributed by atoms with van der Waals surface area (Å²) in [6.45, 7) is 3.33. The van der Waals surface area contributed by atoms with Crippen LogP contribution in [0.15, 0.2) is 0 Å². The van der Waals surface area contributed by atoms with Gasteiger partial charge in [0, 0.05) is 22.3 Å². The molecule has 0 aromatic carbocycles. The first-order valence-corrected chi connectivity index (χ1v) is 15.4. The van der Waals surface area contributed by atoms with Gasteiger partial charge in [-0.15, -0.1) is 18.8 Å². The van der Waals surface area contributed by atoms with Gasteiger partial charge in [0.05, 0.1) is 0 Å². The second kappa shape index (κ2) is 14.8. The summed E-state index contributed by atoms with van der Waals surface area (Å²) in [5.74, 6) is 0. The summed E-state index contributed by atoms with van der Waals surface area (Å²) in [4.78, 5) is 56.5. The van der Waals surface area contributed by atoms with Crippen LogP contribution in [0.4, 0.5) is 0 Å². The van der Waals surface area contributed by atoms with Crippen molar-refractivity contribution >= 4 is 32.2 Å². The third-order valence-electron chi connectivity index (χ3n) is 4.50. The van der Waals surface area contributed by atoms with Gasteiger partial charge >= 0.3 is 32.2 Å². The number of phosphoric ester groups is 2. The zero-order valence-corrected chi connectivity index (χ0v) is 21.8. The largest absolute Gasteiger partial charge is 0.695 e. The number of ether oxygens (including phenoxy) is 2. The predicted molar refractivity (Wildman–Crippen MR) is 113 cm³/mol. The molecule has 20 heteroatoms. The molecule has 2 unspecified atom stereocenters. The molecule has 0 aliphatic heterocycles. The summed E-state index contributed by atoms with van der Waals surface area (Å²) in [6.07, 6.45) is -9.25. The third kappa shape index (κ3) is 11.5. The third-order valence-corrected chi connectivity index (χ3v) is 6.38. The van der Waals surface area contributed by atoms with Crippen LogP contribution in [-0.2, 0) is 45.8 Å². The quantitative estimate of drug-likeness (QED) is 0.112. The Balaban J connectivity index is 3.66. The smallest absolute Gasteiger partial charge is 0.372 e. The minimum Gasteiger partial charge on any atom is -0.372 e. The number of phosphoric acid groups is 2. The van der Waals surface area contributed by atoms with E-state index in [9.17, 15) is 47.6 Å². The van der Waals surface area contributed by atoms with Crippen LogP contribution in [0.25, 0.3) is 0 Å². The monoisotopic (exact) mass is 578 g/mol. The maximum atomic E-state index is 11.7. The van der Waals surface area contributed by atoms with Gasteiger partial charge in [0.15, 0.2) is 12.2 Å². The van der Waals surface area contributed by atoms with Crippen LogP contribution >= 0.6 is 32.2 Å². The molecule has 0 heterocycles. The van der Waals surface area contributed by atoms with Gasteiger partial charge in [0.1, 0.15) is 24.4 Å². The number of rotatable bonds is 16. The summed E-state index contributed by atoms with van der Waals surface area (Å²) < 4.78 is 76.9. The lowest BCUT2D eigenvalue weighted by Crippen LogP contribution is -2.66. The molecule has 1 aliphatic carbocycles. The van der Waals surface area contributed by atoms with E-state index in [0.717, 1.165) is 0 Å². The average molecular weight is 578 g/mol. The minimum absolute atomic E-state index is 0.119. The van der Waals surface area contributed by atoms with Crippen LogP contribution in [0, 0.1) is 0 Å². The molecular weight excluding hydrogens is 548 g/mol. The van der Waals surface area contributed by atoms with Gasteiger partial charge in [-0.05, 0) is 12.8 Å². The molecule has 1 fully saturated rings. The van der Waals surface area contributed by atoms with Crippen molar-refractivity contribution in [3.8, 4) is 0 Å². The fourth-order valence-corrected chi connectivity index (χ4v) is 5.24. The molecule has 34 heavy (non-hydrogen) atoms. The summed E-state index contributed by atoms with van der Waals surface area (Å²) in [5, 5.41) is 0. The maximum Gasteiger partial charge on any atom is 0.695 e. The van der Waals surface area contributed by atoms with E-state index in [2.05, 4.69) is 0 Å². The van der Waals surface area contributed by atoms with Gasteiger partial charge in [0.25, 0.3) is 0 Å². The molecule has 0 amide bonds. The predicted octanol–water partition coefficient (Wildman–Crippen LogP) is 1.40. The van der Waals surface area contributed by atoms with Gasteiger partial charge in [-0.25, -0.2) is 9.13 Å². The lowest BCUT2D eigenvalue weighted by atomic mass is 9.84. The van der Waals surface area contributed by atoms with E-state index in [1.165, 1.54) is 0 Å². The molecule has 0 aromatic rings. The summed E-state index contributed by atoms with van der Waals surface area (Å²) in [6, 6.07) is 0. The Bertz CT molecular complexity index is 692. The van der Waals surface area contributed by atoms with E-state index in [1.54, 1.807) is 13.8 Å². The van der Waals surface area contributed by atoms with Crippen LogP contribution in [-0.4, -0.2) is 79.2 Å². The first-order chi connectivity index (χ1) is 15.7. The van der Waals surface area contributed by atoms with Crippen LogP contribution in [0.2, 0.25) is 0 Å². The van der Waals surface area contributed by atoms with Crippen molar-refractivity contribution < 1.29 is 75.2 Å². The summed E-state index contributed by atoms with van der Waals surface area (Å²) in [7, 11) is -17.6. The van der Waals surface area contributed by atoms with E-state index in [1.807, 2.05) is 0 Å². The van der Waals surface area contributed by atoms with Gasteiger partial charge in [-0.2, -0.15) is 0 Å². The van der Waals surface area contributed by atoms with Crippen molar-refractivity contribution in [2.24, 2.45) is 0 Å². The minimum atomic E-state index is -5.39. The van der Waals surface area contributed by atoms with Crippen molar-refractivity contribution in [1.29, 1.82) is 0 Å². The Morgan fingerprint density at radius 3 is 1.21 bits per heavy atom. The molecule has 0 bridgehead atoms. The number of hydrogen-bond acceptors (Lipinski definition) is 10. The molecule has 0 aromatic heterocycles. The van der Waals surface area contributed by atoms with Crippen molar-refractivity contribution in [3.05, 3.63) is 0 Å². The van der Waals surface area contributed by atoms with E-state index in [4.69, 9.17) is 27.6 Å². The van der Waals surface area contributed by atoms with Crippen molar-refractivity contribution in [2.45, 2.75) is 76.2 Å². The van der Waals surface area contributed by atoms with E-state index in [0.29, 0.717) is 25.7 Å². The first-order valence-electron chi connectivity index (χ1n) is 10.1. The Morgan fingerprint density at radius 2 is 0.971 bits per heavy atom. The average Bonchev–Trinajstić information content (AvgIpc) is 2.66. The van der Waals surface area contributed by atoms with Gasteiger partial charge in [0.2, 0.25) is 0 Å². The van der Waals surface area contributed by atoms with E-state index >= 15 is 0 Å². The molecule has 8 atom stereocenters. The van der Waals surface area contributed by atoms with Crippen LogP contribution in [0.1, 0.15) is 39.5 Å². The molecule has 0 radical (unpaired) electrons. The van der Waals surface area contributed by atoms with Crippen LogP contribution in [0.3, 0.4) is 0 Å². The van der Waals surface area contributed by atoms with Crippen molar-refractivity contribution in [1.82, 2.24) is 0 Å². The molecule has 1 saturated carbocycles. The van der Waals surface area contributed by atoms with E-state index < -0.39 is 68.8 Å². The number of hydrogen-bond donors (Lipinski definition) is 6. The van der Waals surface area contributed by atoms with E-state index in [-0.39, 0.29) is 13.2 Å².